The normalized spacial score (nSPS) is 12.5. The van der Waals surface area contributed by atoms with Gasteiger partial charge in [-0.2, -0.15) is 0 Å². The summed E-state index contributed by atoms with van der Waals surface area (Å²) >= 11 is 0. The summed E-state index contributed by atoms with van der Waals surface area (Å²) in [4.78, 5) is 25.3. The van der Waals surface area contributed by atoms with Crippen LogP contribution in [-0.2, 0) is 23.0 Å². The minimum atomic E-state index is -0.592. The van der Waals surface area contributed by atoms with Crippen molar-refractivity contribution in [2.24, 2.45) is 18.7 Å². The topological polar surface area (TPSA) is 109 Å². The molecule has 7 heteroatoms. The Hall–Kier alpha value is -4.00. The van der Waals surface area contributed by atoms with Crippen molar-refractivity contribution < 1.29 is 18.9 Å². The van der Waals surface area contributed by atoms with Crippen LogP contribution in [0.2, 0.25) is 0 Å². The zero-order chi connectivity index (χ0) is 24.0. The van der Waals surface area contributed by atoms with Gasteiger partial charge in [0.25, 0.3) is 5.91 Å². The van der Waals surface area contributed by atoms with Gasteiger partial charge in [-0.25, -0.2) is 4.57 Å². The predicted octanol–water partition coefficient (Wildman–Crippen LogP) is 2.61. The molecule has 0 aliphatic carbocycles. The van der Waals surface area contributed by atoms with E-state index in [1.54, 1.807) is 37.3 Å². The van der Waals surface area contributed by atoms with Gasteiger partial charge in [-0.3, -0.25) is 15.0 Å². The van der Waals surface area contributed by atoms with Crippen molar-refractivity contribution in [3.63, 3.8) is 0 Å². The highest BCUT2D eigenvalue weighted by Gasteiger charge is 2.28. The fourth-order valence-corrected chi connectivity index (χ4v) is 3.63. The first kappa shape index (κ1) is 23.7. The van der Waals surface area contributed by atoms with E-state index in [0.717, 1.165) is 16.7 Å². The standard InChI is InChI=1S/C26H28N4O3/c1-17(23(26(32)33-3)16-18-5-4-6-22(15-18)24(27)28)29-25(31)21-9-7-19(8-10-21)20-11-13-30(2)14-12-20/h4-15,17,23H,16H2,1-3H3,(H3-,27,28,29,31)/p+1/t17?,23-/m1/s1. The highest BCUT2D eigenvalue weighted by atomic mass is 16.5. The maximum atomic E-state index is 12.8. The van der Waals surface area contributed by atoms with Crippen LogP contribution in [0.3, 0.4) is 0 Å². The van der Waals surface area contributed by atoms with Gasteiger partial charge in [0.15, 0.2) is 12.4 Å². The number of methoxy groups -OCH3 is 1. The SMILES string of the molecule is COC(=O)[C@H](Cc1cccc(C(=N)N)c1)C(C)NC(=O)c1ccc(-c2cc[n+](C)cc2)cc1. The lowest BCUT2D eigenvalue weighted by Gasteiger charge is -2.23. The summed E-state index contributed by atoms with van der Waals surface area (Å²) in [5.41, 5.74) is 9.58. The van der Waals surface area contributed by atoms with Crippen LogP contribution in [0.1, 0.15) is 28.4 Å². The summed E-state index contributed by atoms with van der Waals surface area (Å²) < 4.78 is 6.94. The van der Waals surface area contributed by atoms with E-state index < -0.39 is 17.9 Å². The number of hydrogen-bond acceptors (Lipinski definition) is 4. The van der Waals surface area contributed by atoms with Crippen LogP contribution in [0, 0.1) is 11.3 Å². The fraction of sp³-hybridized carbons (Fsp3) is 0.231. The van der Waals surface area contributed by atoms with Crippen LogP contribution in [0.25, 0.3) is 11.1 Å². The zero-order valence-electron chi connectivity index (χ0n) is 19.0. The molecule has 3 aromatic rings. The number of aryl methyl sites for hydroxylation is 1. The average Bonchev–Trinajstić information content (AvgIpc) is 2.82. The number of nitrogens with one attached hydrogen (secondary N) is 2. The van der Waals surface area contributed by atoms with Crippen molar-refractivity contribution in [3.8, 4) is 11.1 Å². The first-order valence-corrected chi connectivity index (χ1v) is 10.7. The third kappa shape index (κ3) is 6.04. The van der Waals surface area contributed by atoms with Crippen molar-refractivity contribution in [1.82, 2.24) is 5.32 Å². The van der Waals surface area contributed by atoms with Crippen LogP contribution in [0.15, 0.2) is 73.1 Å². The van der Waals surface area contributed by atoms with Gasteiger partial charge in [-0.05, 0) is 48.2 Å². The number of amides is 1. The average molecular weight is 446 g/mol. The molecule has 33 heavy (non-hydrogen) atoms. The monoisotopic (exact) mass is 445 g/mol. The Bertz CT molecular complexity index is 1140. The number of hydrogen-bond donors (Lipinski definition) is 3. The number of amidine groups is 1. The highest BCUT2D eigenvalue weighted by Crippen LogP contribution is 2.20. The Morgan fingerprint density at radius 1 is 1.03 bits per heavy atom. The molecule has 1 heterocycles. The molecule has 0 radical (unpaired) electrons. The summed E-state index contributed by atoms with van der Waals surface area (Å²) in [6, 6.07) is 18.1. The molecule has 0 bridgehead atoms. The van der Waals surface area contributed by atoms with E-state index in [1.165, 1.54) is 7.11 Å². The van der Waals surface area contributed by atoms with E-state index in [2.05, 4.69) is 5.32 Å². The van der Waals surface area contributed by atoms with Gasteiger partial charge in [0.05, 0.1) is 13.0 Å². The lowest BCUT2D eigenvalue weighted by Crippen LogP contribution is -2.42. The molecule has 1 amide bonds. The van der Waals surface area contributed by atoms with E-state index in [-0.39, 0.29) is 11.7 Å². The number of nitrogens with zero attached hydrogens (tertiary/aromatic N) is 1. The molecule has 170 valence electrons. The van der Waals surface area contributed by atoms with Gasteiger partial charge >= 0.3 is 5.97 Å². The molecule has 0 fully saturated rings. The minimum Gasteiger partial charge on any atom is -0.469 e. The molecule has 4 N–H and O–H groups in total. The van der Waals surface area contributed by atoms with Crippen LogP contribution in [0.5, 0.6) is 0 Å². The molecule has 3 rings (SSSR count). The van der Waals surface area contributed by atoms with Gasteiger partial charge in [0.1, 0.15) is 12.9 Å². The van der Waals surface area contributed by atoms with Crippen LogP contribution >= 0.6 is 0 Å². The molecule has 1 aromatic heterocycles. The molecule has 7 nitrogen and oxygen atoms in total. The number of benzene rings is 2. The lowest BCUT2D eigenvalue weighted by atomic mass is 9.92. The largest absolute Gasteiger partial charge is 0.469 e. The van der Waals surface area contributed by atoms with Gasteiger partial charge in [0, 0.05) is 29.3 Å². The lowest BCUT2D eigenvalue weighted by molar-refractivity contribution is -0.671. The number of nitrogen functional groups attached to an aromatic ring is 1. The minimum absolute atomic E-state index is 0.0411. The van der Waals surface area contributed by atoms with Crippen LogP contribution in [0.4, 0.5) is 0 Å². The maximum absolute atomic E-state index is 12.8. The number of rotatable bonds is 8. The second-order valence-corrected chi connectivity index (χ2v) is 8.04. The van der Waals surface area contributed by atoms with Crippen LogP contribution in [-0.4, -0.2) is 30.9 Å². The Morgan fingerprint density at radius 3 is 2.27 bits per heavy atom. The number of esters is 1. The smallest absolute Gasteiger partial charge is 0.311 e. The molecule has 1 unspecified atom stereocenters. The van der Waals surface area contributed by atoms with E-state index in [9.17, 15) is 9.59 Å². The Balaban J connectivity index is 1.72. The molecule has 2 aromatic carbocycles. The van der Waals surface area contributed by atoms with E-state index >= 15 is 0 Å². The third-order valence-electron chi connectivity index (χ3n) is 5.62. The van der Waals surface area contributed by atoms with Crippen molar-refractivity contribution in [2.45, 2.75) is 19.4 Å². The predicted molar refractivity (Wildman–Crippen MR) is 127 cm³/mol. The summed E-state index contributed by atoms with van der Waals surface area (Å²) in [5.74, 6) is -1.31. The first-order chi connectivity index (χ1) is 15.8. The molecule has 0 spiro atoms. The Morgan fingerprint density at radius 2 is 1.67 bits per heavy atom. The summed E-state index contributed by atoms with van der Waals surface area (Å²) in [7, 11) is 3.29. The summed E-state index contributed by atoms with van der Waals surface area (Å²) in [5, 5.41) is 10.5. The maximum Gasteiger partial charge on any atom is 0.311 e. The molecule has 0 saturated carbocycles. The van der Waals surface area contributed by atoms with Crippen molar-refractivity contribution >= 4 is 17.7 Å². The summed E-state index contributed by atoms with van der Waals surface area (Å²) in [6.07, 6.45) is 4.28. The molecule has 2 atom stereocenters. The number of carbonyl (C=O) groups is 2. The van der Waals surface area contributed by atoms with Gasteiger partial charge < -0.3 is 15.8 Å². The fourth-order valence-electron chi connectivity index (χ4n) is 3.63. The molecular formula is C26H29N4O3+. The van der Waals surface area contributed by atoms with Crippen molar-refractivity contribution in [2.75, 3.05) is 7.11 Å². The quantitative estimate of drug-likeness (QED) is 0.214. The van der Waals surface area contributed by atoms with Gasteiger partial charge in [0.2, 0.25) is 0 Å². The molecule has 0 aliphatic rings. The second-order valence-electron chi connectivity index (χ2n) is 8.04. The third-order valence-corrected chi connectivity index (χ3v) is 5.62. The van der Waals surface area contributed by atoms with E-state index in [0.29, 0.717) is 17.5 Å². The number of pyridine rings is 1. The second kappa shape index (κ2) is 10.5. The van der Waals surface area contributed by atoms with Gasteiger partial charge in [-0.1, -0.05) is 30.3 Å². The number of nitrogens with two attached hydrogens (primary N) is 1. The van der Waals surface area contributed by atoms with Crippen LogP contribution < -0.4 is 15.6 Å². The van der Waals surface area contributed by atoms with Gasteiger partial charge in [-0.15, -0.1) is 0 Å². The van der Waals surface area contributed by atoms with Crippen molar-refractivity contribution in [1.29, 1.82) is 5.41 Å². The number of ether oxygens (including phenoxy) is 1. The number of carbonyl (C=O) groups excluding carboxylic acids is 2. The number of aromatic nitrogens is 1. The Labute approximate surface area is 193 Å². The van der Waals surface area contributed by atoms with Crippen molar-refractivity contribution in [3.05, 3.63) is 89.7 Å². The molecular weight excluding hydrogens is 416 g/mol. The van der Waals surface area contributed by atoms with E-state index in [4.69, 9.17) is 15.9 Å². The first-order valence-electron chi connectivity index (χ1n) is 10.7. The Kier molecular flexibility index (Phi) is 7.56. The molecule has 0 aliphatic heterocycles. The van der Waals surface area contributed by atoms with E-state index in [1.807, 2.05) is 54.3 Å². The summed E-state index contributed by atoms with van der Waals surface area (Å²) in [6.45, 7) is 1.78. The highest BCUT2D eigenvalue weighted by molar-refractivity contribution is 5.95. The molecule has 0 saturated heterocycles. The zero-order valence-corrected chi connectivity index (χ0v) is 19.0.